The molecular formula is C9H10BrClFN. The normalized spacial score (nSPS) is 10.5. The van der Waals surface area contributed by atoms with Crippen molar-refractivity contribution in [2.45, 2.75) is 13.5 Å². The Balaban J connectivity index is 2.88. The standard InChI is InChI=1S/C9H10BrClFN/c1-6-2-8(11)7(3-9(6)12)4-13-5-10/h2-3,13H,4-5H2,1H3. The Hall–Kier alpha value is -0.120. The van der Waals surface area contributed by atoms with Gasteiger partial charge in [0.1, 0.15) is 5.82 Å². The molecule has 13 heavy (non-hydrogen) atoms. The highest BCUT2D eigenvalue weighted by Crippen LogP contribution is 2.20. The molecule has 1 nitrogen and oxygen atoms in total. The molecule has 4 heteroatoms. The minimum Gasteiger partial charge on any atom is -0.303 e. The predicted octanol–water partition coefficient (Wildman–Crippen LogP) is 3.23. The van der Waals surface area contributed by atoms with Crippen LogP contribution in [0.25, 0.3) is 0 Å². The molecule has 0 fully saturated rings. The molecule has 0 bridgehead atoms. The molecule has 0 saturated heterocycles. The Morgan fingerprint density at radius 2 is 2.23 bits per heavy atom. The predicted molar refractivity (Wildman–Crippen MR) is 56.8 cm³/mol. The summed E-state index contributed by atoms with van der Waals surface area (Å²) in [6, 6.07) is 3.11. The van der Waals surface area contributed by atoms with Gasteiger partial charge < -0.3 is 5.32 Å². The van der Waals surface area contributed by atoms with E-state index in [2.05, 4.69) is 21.2 Å². The molecule has 72 valence electrons. The minimum absolute atomic E-state index is 0.212. The van der Waals surface area contributed by atoms with Gasteiger partial charge >= 0.3 is 0 Å². The lowest BCUT2D eigenvalue weighted by Crippen LogP contribution is -2.10. The van der Waals surface area contributed by atoms with Crippen molar-refractivity contribution in [3.05, 3.63) is 34.1 Å². The third kappa shape index (κ3) is 2.93. The number of nitrogens with one attached hydrogen (secondary N) is 1. The summed E-state index contributed by atoms with van der Waals surface area (Å²) < 4.78 is 13.1. The Labute approximate surface area is 90.4 Å². The minimum atomic E-state index is -0.212. The van der Waals surface area contributed by atoms with E-state index in [0.717, 1.165) is 5.56 Å². The molecule has 0 radical (unpaired) electrons. The maximum Gasteiger partial charge on any atom is 0.126 e. The average Bonchev–Trinajstić information content (AvgIpc) is 2.09. The zero-order valence-electron chi connectivity index (χ0n) is 7.20. The summed E-state index contributed by atoms with van der Waals surface area (Å²) in [5.74, 6) is -0.212. The van der Waals surface area contributed by atoms with Gasteiger partial charge in [0, 0.05) is 11.6 Å². The zero-order chi connectivity index (χ0) is 9.84. The quantitative estimate of drug-likeness (QED) is 0.654. The van der Waals surface area contributed by atoms with Gasteiger partial charge in [-0.1, -0.05) is 27.5 Å². The van der Waals surface area contributed by atoms with Gasteiger partial charge in [0.2, 0.25) is 0 Å². The second-order valence-corrected chi connectivity index (χ2v) is 3.72. The van der Waals surface area contributed by atoms with Crippen LogP contribution in [0.4, 0.5) is 4.39 Å². The van der Waals surface area contributed by atoms with Crippen molar-refractivity contribution < 1.29 is 4.39 Å². The van der Waals surface area contributed by atoms with Crippen LogP contribution in [0.15, 0.2) is 12.1 Å². The maximum absolute atomic E-state index is 13.1. The van der Waals surface area contributed by atoms with Crippen LogP contribution in [-0.2, 0) is 6.54 Å². The molecule has 1 N–H and O–H groups in total. The fourth-order valence-electron chi connectivity index (χ4n) is 1.00. The molecule has 0 spiro atoms. The van der Waals surface area contributed by atoms with Crippen molar-refractivity contribution in [3.63, 3.8) is 0 Å². The zero-order valence-corrected chi connectivity index (χ0v) is 9.54. The second-order valence-electron chi connectivity index (χ2n) is 2.75. The number of rotatable bonds is 3. The molecule has 0 aliphatic carbocycles. The second kappa shape index (κ2) is 4.94. The molecule has 0 heterocycles. The first-order chi connectivity index (χ1) is 6.15. The van der Waals surface area contributed by atoms with Crippen LogP contribution < -0.4 is 5.32 Å². The van der Waals surface area contributed by atoms with Crippen molar-refractivity contribution in [2.24, 2.45) is 0 Å². The number of benzene rings is 1. The molecule has 0 unspecified atom stereocenters. The first-order valence-corrected chi connectivity index (χ1v) is 5.36. The highest BCUT2D eigenvalue weighted by atomic mass is 79.9. The van der Waals surface area contributed by atoms with Crippen LogP contribution >= 0.6 is 27.5 Å². The molecule has 0 amide bonds. The van der Waals surface area contributed by atoms with Crippen LogP contribution in [0.5, 0.6) is 0 Å². The van der Waals surface area contributed by atoms with E-state index in [1.54, 1.807) is 13.0 Å². The largest absolute Gasteiger partial charge is 0.303 e. The van der Waals surface area contributed by atoms with Gasteiger partial charge in [-0.15, -0.1) is 0 Å². The fraction of sp³-hybridized carbons (Fsp3) is 0.333. The molecular weight excluding hydrogens is 256 g/mol. The first kappa shape index (κ1) is 11.0. The van der Waals surface area contributed by atoms with Gasteiger partial charge in [-0.2, -0.15) is 0 Å². The van der Waals surface area contributed by atoms with E-state index in [1.807, 2.05) is 0 Å². The lowest BCUT2D eigenvalue weighted by molar-refractivity contribution is 0.614. The highest BCUT2D eigenvalue weighted by molar-refractivity contribution is 9.09. The monoisotopic (exact) mass is 265 g/mol. The molecule has 1 aromatic carbocycles. The molecule has 0 aromatic heterocycles. The van der Waals surface area contributed by atoms with Crippen molar-refractivity contribution in [2.75, 3.05) is 5.45 Å². The third-order valence-electron chi connectivity index (χ3n) is 1.74. The summed E-state index contributed by atoms with van der Waals surface area (Å²) in [6.45, 7) is 2.27. The first-order valence-electron chi connectivity index (χ1n) is 3.86. The Morgan fingerprint density at radius 1 is 1.54 bits per heavy atom. The summed E-state index contributed by atoms with van der Waals surface area (Å²) in [5.41, 5.74) is 2.02. The van der Waals surface area contributed by atoms with Gasteiger partial charge in [0.05, 0.1) is 5.45 Å². The summed E-state index contributed by atoms with van der Waals surface area (Å²) in [5, 5.41) is 3.62. The highest BCUT2D eigenvalue weighted by Gasteiger charge is 2.04. The number of aryl methyl sites for hydroxylation is 1. The number of hydrogen-bond acceptors (Lipinski definition) is 1. The van der Waals surface area contributed by atoms with Crippen molar-refractivity contribution >= 4 is 27.5 Å². The summed E-state index contributed by atoms with van der Waals surface area (Å²) in [7, 11) is 0. The Bertz CT molecular complexity index is 304. The fourth-order valence-corrected chi connectivity index (χ4v) is 1.49. The average molecular weight is 267 g/mol. The molecule has 0 atom stereocenters. The van der Waals surface area contributed by atoms with Crippen molar-refractivity contribution in [1.82, 2.24) is 5.32 Å². The van der Waals surface area contributed by atoms with E-state index in [-0.39, 0.29) is 5.82 Å². The molecule has 1 aromatic rings. The van der Waals surface area contributed by atoms with E-state index >= 15 is 0 Å². The summed E-state index contributed by atoms with van der Waals surface area (Å²) >= 11 is 9.13. The van der Waals surface area contributed by atoms with Crippen molar-refractivity contribution in [3.8, 4) is 0 Å². The Kier molecular flexibility index (Phi) is 4.16. The van der Waals surface area contributed by atoms with Gasteiger partial charge in [-0.3, -0.25) is 0 Å². The van der Waals surface area contributed by atoms with Crippen LogP contribution in [0.3, 0.4) is 0 Å². The van der Waals surface area contributed by atoms with Gasteiger partial charge in [-0.25, -0.2) is 4.39 Å². The molecule has 0 aliphatic heterocycles. The number of halogens is 3. The van der Waals surface area contributed by atoms with E-state index < -0.39 is 0 Å². The maximum atomic E-state index is 13.1. The van der Waals surface area contributed by atoms with Gasteiger partial charge in [-0.05, 0) is 30.2 Å². The molecule has 0 saturated carbocycles. The van der Waals surface area contributed by atoms with E-state index in [9.17, 15) is 4.39 Å². The molecule has 1 rings (SSSR count). The summed E-state index contributed by atoms with van der Waals surface area (Å²) in [6.07, 6.45) is 0. The van der Waals surface area contributed by atoms with Crippen LogP contribution in [-0.4, -0.2) is 5.45 Å². The lowest BCUT2D eigenvalue weighted by atomic mass is 10.1. The van der Waals surface area contributed by atoms with Gasteiger partial charge in [0.25, 0.3) is 0 Å². The van der Waals surface area contributed by atoms with Crippen LogP contribution in [0.1, 0.15) is 11.1 Å². The van der Waals surface area contributed by atoms with Crippen LogP contribution in [0.2, 0.25) is 5.02 Å². The topological polar surface area (TPSA) is 12.0 Å². The smallest absolute Gasteiger partial charge is 0.126 e. The van der Waals surface area contributed by atoms with Crippen molar-refractivity contribution in [1.29, 1.82) is 0 Å². The van der Waals surface area contributed by atoms with Gasteiger partial charge in [0.15, 0.2) is 0 Å². The van der Waals surface area contributed by atoms with Crippen LogP contribution in [0, 0.1) is 12.7 Å². The SMILES string of the molecule is Cc1cc(Cl)c(CNCBr)cc1F. The molecule has 0 aliphatic rings. The third-order valence-corrected chi connectivity index (χ3v) is 2.49. The lowest BCUT2D eigenvalue weighted by Gasteiger charge is -2.06. The number of hydrogen-bond donors (Lipinski definition) is 1. The summed E-state index contributed by atoms with van der Waals surface area (Å²) in [4.78, 5) is 0. The number of alkyl halides is 1. The van der Waals surface area contributed by atoms with E-state index in [1.165, 1.54) is 6.07 Å². The Morgan fingerprint density at radius 3 is 2.85 bits per heavy atom. The van der Waals surface area contributed by atoms with E-state index in [4.69, 9.17) is 11.6 Å². The van der Waals surface area contributed by atoms with E-state index in [0.29, 0.717) is 22.6 Å².